The highest BCUT2D eigenvalue weighted by Gasteiger charge is 2.46. The SMILES string of the molecule is CN1/C(=C/C=C(/C=C/C2=[N+](C)c3ccccc3C2(C)C)CC(/C=C/C2=[N+](C)c3ccccc3C2(C)C)=C\C=C2\N(C)c3ccccc3C2(C)C)C(C)(C)c2ccccc21.CN1/C(=C/C=C/C=C/C2=[N+](C)c3ccccc3C2(C)C)C(C)(C)c2ccccc21. The van der Waals surface area contributed by atoms with Crippen LogP contribution in [-0.2, 0) is 32.5 Å². The van der Waals surface area contributed by atoms with Crippen LogP contribution in [0.4, 0.5) is 34.1 Å². The first-order chi connectivity index (χ1) is 41.7. The number of nitrogens with zero attached hydrogens (tertiary/aromatic N) is 6. The first kappa shape index (κ1) is 61.1. The summed E-state index contributed by atoms with van der Waals surface area (Å²) in [6.07, 6.45) is 30.7. The molecule has 0 saturated carbocycles. The van der Waals surface area contributed by atoms with E-state index < -0.39 is 0 Å². The summed E-state index contributed by atoms with van der Waals surface area (Å²) in [6, 6.07) is 52.7. The molecule has 0 aliphatic carbocycles. The molecule has 0 fully saturated rings. The number of anilines is 3. The molecular formula is C82H93N6+3. The Bertz CT molecular complexity index is 4010. The van der Waals surface area contributed by atoms with Crippen molar-refractivity contribution >= 4 is 51.3 Å². The van der Waals surface area contributed by atoms with Gasteiger partial charge in [-0.05, 0) is 112 Å². The largest absolute Gasteiger partial charge is 0.347 e. The molecule has 0 amide bonds. The molecule has 0 unspecified atom stereocenters. The minimum absolute atomic E-state index is 0.0173. The fourth-order valence-electron chi connectivity index (χ4n) is 15.5. The summed E-state index contributed by atoms with van der Waals surface area (Å²) in [5.41, 5.74) is 25.8. The molecule has 0 saturated heterocycles. The van der Waals surface area contributed by atoms with E-state index >= 15 is 0 Å². The molecule has 6 nitrogen and oxygen atoms in total. The van der Waals surface area contributed by atoms with Crippen molar-refractivity contribution in [1.29, 1.82) is 0 Å². The number of hydrogen-bond acceptors (Lipinski definition) is 3. The van der Waals surface area contributed by atoms with Gasteiger partial charge in [0.25, 0.3) is 0 Å². The standard InChI is InChI=1S/C55H62N4.C27H31N2/c1-52(2)40-21-13-17-25-44(40)56(9)48(52)33-29-38(30-34-49-53(3,4)41-22-14-18-26-45(41)57(49)10)37-39(31-35-50-54(5,6)42-23-15-19-27-46(42)58(50)11)32-36-51-55(7,8)43-24-16-20-28-47(43)59(51)12;1-26(2)20-14-10-12-16-22(20)28(5)24(26)18-8-7-9-19-25-27(3,4)21-15-11-13-17-23(21)29(25)6/h13-36H,37H2,1-12H3;7-19H,1-6H3/q+2;+1. The Morgan fingerprint density at radius 1 is 0.330 bits per heavy atom. The monoisotopic (exact) mass is 1160 g/mol. The maximum atomic E-state index is 2.37. The topological polar surface area (TPSA) is 18.8 Å². The van der Waals surface area contributed by atoms with Crippen LogP contribution >= 0.6 is 0 Å². The number of rotatable bonds is 11. The van der Waals surface area contributed by atoms with Crippen LogP contribution in [0, 0.1) is 0 Å². The summed E-state index contributed by atoms with van der Waals surface area (Å²) < 4.78 is 7.05. The van der Waals surface area contributed by atoms with E-state index in [1.54, 1.807) is 0 Å². The molecule has 88 heavy (non-hydrogen) atoms. The Kier molecular flexibility index (Phi) is 15.8. The van der Waals surface area contributed by atoms with E-state index in [4.69, 9.17) is 0 Å². The van der Waals surface area contributed by atoms with Gasteiger partial charge in [0, 0.05) is 125 Å². The van der Waals surface area contributed by atoms with Crippen molar-refractivity contribution in [3.05, 3.63) is 286 Å². The number of likely N-dealkylation sites (N-methyl/N-ethyl adjacent to an activating group) is 3. The molecule has 0 radical (unpaired) electrons. The molecule has 6 aliphatic rings. The van der Waals surface area contributed by atoms with Crippen LogP contribution < -0.4 is 14.7 Å². The molecule has 6 aromatic rings. The molecule has 6 heterocycles. The molecule has 0 bridgehead atoms. The van der Waals surface area contributed by atoms with Crippen LogP contribution in [0.3, 0.4) is 0 Å². The second kappa shape index (κ2) is 22.8. The normalized spacial score (nSPS) is 21.2. The first-order valence-corrected chi connectivity index (χ1v) is 31.6. The van der Waals surface area contributed by atoms with Crippen LogP contribution in [0.15, 0.2) is 253 Å². The summed E-state index contributed by atoms with van der Waals surface area (Å²) in [6.45, 7) is 28.0. The van der Waals surface area contributed by atoms with Gasteiger partial charge in [0.2, 0.25) is 17.1 Å². The lowest BCUT2D eigenvalue weighted by Crippen LogP contribution is -2.26. The lowest BCUT2D eigenvalue weighted by molar-refractivity contribution is -0.401. The highest BCUT2D eigenvalue weighted by atomic mass is 15.2. The lowest BCUT2D eigenvalue weighted by Gasteiger charge is -2.24. The Labute approximate surface area is 527 Å². The van der Waals surface area contributed by atoms with Gasteiger partial charge in [-0.1, -0.05) is 193 Å². The minimum Gasteiger partial charge on any atom is -0.347 e. The van der Waals surface area contributed by atoms with E-state index in [1.165, 1.54) is 113 Å². The van der Waals surface area contributed by atoms with E-state index in [0.717, 1.165) is 6.42 Å². The third kappa shape index (κ3) is 10.3. The van der Waals surface area contributed by atoms with Gasteiger partial charge in [-0.3, -0.25) is 0 Å². The van der Waals surface area contributed by atoms with Crippen molar-refractivity contribution in [2.75, 3.05) is 57.0 Å². The van der Waals surface area contributed by atoms with Crippen molar-refractivity contribution in [3.8, 4) is 0 Å². The summed E-state index contributed by atoms with van der Waals surface area (Å²) in [5, 5.41) is 0. The molecule has 0 spiro atoms. The summed E-state index contributed by atoms with van der Waals surface area (Å²) in [4.78, 5) is 7.05. The Morgan fingerprint density at radius 2 is 0.614 bits per heavy atom. The van der Waals surface area contributed by atoms with E-state index in [2.05, 4.69) is 378 Å². The molecule has 6 heteroatoms. The molecule has 6 aliphatic heterocycles. The van der Waals surface area contributed by atoms with Gasteiger partial charge in [-0.2, -0.15) is 13.7 Å². The van der Waals surface area contributed by atoms with Crippen molar-refractivity contribution in [3.63, 3.8) is 0 Å². The predicted octanol–water partition coefficient (Wildman–Crippen LogP) is 18.5. The maximum absolute atomic E-state index is 2.37. The molecular weight excluding hydrogens is 1070 g/mol. The zero-order chi connectivity index (χ0) is 62.9. The first-order valence-electron chi connectivity index (χ1n) is 31.6. The molecule has 0 N–H and O–H groups in total. The third-order valence-corrected chi connectivity index (χ3v) is 20.6. The Balaban J connectivity index is 0.000000230. The van der Waals surface area contributed by atoms with Crippen LogP contribution in [-0.4, -0.2) is 73.1 Å². The van der Waals surface area contributed by atoms with Gasteiger partial charge in [-0.15, -0.1) is 0 Å². The smallest absolute Gasteiger partial charge is 0.209 e. The van der Waals surface area contributed by atoms with Crippen molar-refractivity contribution in [2.45, 2.75) is 122 Å². The molecule has 0 atom stereocenters. The Morgan fingerprint density at radius 3 is 0.932 bits per heavy atom. The summed E-state index contributed by atoms with van der Waals surface area (Å²) in [5.74, 6) is 0. The fourth-order valence-corrected chi connectivity index (χ4v) is 15.5. The quantitative estimate of drug-likeness (QED) is 0.0952. The number of benzene rings is 6. The van der Waals surface area contributed by atoms with Gasteiger partial charge >= 0.3 is 0 Å². The molecule has 448 valence electrons. The number of hydrogen-bond donors (Lipinski definition) is 0. The van der Waals surface area contributed by atoms with Crippen LogP contribution in [0.5, 0.6) is 0 Å². The lowest BCUT2D eigenvalue weighted by atomic mass is 9.81. The summed E-state index contributed by atoms with van der Waals surface area (Å²) in [7, 11) is 13.1. The van der Waals surface area contributed by atoms with E-state index in [1.807, 2.05) is 0 Å². The highest BCUT2D eigenvalue weighted by Crippen LogP contribution is 2.50. The van der Waals surface area contributed by atoms with Gasteiger partial charge in [0.1, 0.15) is 21.1 Å². The second-order valence-electron chi connectivity index (χ2n) is 28.1. The van der Waals surface area contributed by atoms with Crippen LogP contribution in [0.1, 0.15) is 123 Å². The molecule has 12 rings (SSSR count). The van der Waals surface area contributed by atoms with E-state index in [0.29, 0.717) is 0 Å². The molecule has 0 aromatic heterocycles. The number of para-hydroxylation sites is 6. The fraction of sp³-hybridized carbons (Fsp3) is 0.305. The summed E-state index contributed by atoms with van der Waals surface area (Å²) >= 11 is 0. The number of fused-ring (bicyclic) bond motifs is 6. The van der Waals surface area contributed by atoms with E-state index in [-0.39, 0.29) is 32.5 Å². The third-order valence-electron chi connectivity index (χ3n) is 20.6. The average Bonchev–Trinajstić information content (AvgIpc) is 1.98. The van der Waals surface area contributed by atoms with Crippen LogP contribution in [0.25, 0.3) is 0 Å². The van der Waals surface area contributed by atoms with Crippen molar-refractivity contribution < 1.29 is 13.7 Å². The van der Waals surface area contributed by atoms with E-state index in [9.17, 15) is 0 Å². The average molecular weight is 1160 g/mol. The highest BCUT2D eigenvalue weighted by molar-refractivity contribution is 6.05. The zero-order valence-corrected chi connectivity index (χ0v) is 55.8. The van der Waals surface area contributed by atoms with Gasteiger partial charge in [0.05, 0.1) is 16.2 Å². The zero-order valence-electron chi connectivity index (χ0n) is 55.8. The van der Waals surface area contributed by atoms with Gasteiger partial charge in [-0.25, -0.2) is 0 Å². The van der Waals surface area contributed by atoms with Crippen molar-refractivity contribution in [1.82, 2.24) is 0 Å². The second-order valence-corrected chi connectivity index (χ2v) is 28.1. The van der Waals surface area contributed by atoms with Crippen molar-refractivity contribution in [2.24, 2.45) is 0 Å². The Hall–Kier alpha value is -8.61. The van der Waals surface area contributed by atoms with Crippen LogP contribution in [0.2, 0.25) is 0 Å². The maximum Gasteiger partial charge on any atom is 0.209 e. The van der Waals surface area contributed by atoms with Gasteiger partial charge in [0.15, 0.2) is 17.1 Å². The number of allylic oxidation sites excluding steroid dienone is 18. The predicted molar refractivity (Wildman–Crippen MR) is 376 cm³/mol. The molecule has 6 aromatic carbocycles. The van der Waals surface area contributed by atoms with Gasteiger partial charge < -0.3 is 14.7 Å². The minimum atomic E-state index is -0.123.